The number of likely N-dealkylation sites (tertiary alicyclic amines) is 2. The van der Waals surface area contributed by atoms with Crippen molar-refractivity contribution in [3.63, 3.8) is 0 Å². The largest absolute Gasteiger partial charge is 0.493 e. The molecule has 0 aromatic heterocycles. The highest BCUT2D eigenvalue weighted by molar-refractivity contribution is 5.46. The van der Waals surface area contributed by atoms with Gasteiger partial charge in [-0.3, -0.25) is 9.80 Å². The van der Waals surface area contributed by atoms with E-state index in [1.807, 2.05) is 12.1 Å². The average molecular weight is 290 g/mol. The van der Waals surface area contributed by atoms with Crippen LogP contribution in [0.5, 0.6) is 11.5 Å². The third kappa shape index (κ3) is 3.16. The quantitative estimate of drug-likeness (QED) is 0.831. The summed E-state index contributed by atoms with van der Waals surface area (Å²) in [5.41, 5.74) is 1.22. The maximum Gasteiger partial charge on any atom is 0.165 e. The van der Waals surface area contributed by atoms with E-state index in [1.165, 1.54) is 51.0 Å². The molecule has 2 heterocycles. The molecule has 4 nitrogen and oxygen atoms in total. The minimum Gasteiger partial charge on any atom is -0.493 e. The molecule has 2 aliphatic heterocycles. The fourth-order valence-corrected chi connectivity index (χ4v) is 3.68. The van der Waals surface area contributed by atoms with Crippen molar-refractivity contribution >= 4 is 0 Å². The molecule has 0 radical (unpaired) electrons. The predicted molar refractivity (Wildman–Crippen MR) is 84.0 cm³/mol. The van der Waals surface area contributed by atoms with Crippen LogP contribution in [0.2, 0.25) is 0 Å². The number of nitrogens with zero attached hydrogens (tertiary/aromatic N) is 2. The Kier molecular flexibility index (Phi) is 4.66. The fourth-order valence-electron chi connectivity index (χ4n) is 3.68. The SMILES string of the molecule is COc1cccc(CN2CCC(N3CCCC3)C2)c1OC. The zero-order valence-corrected chi connectivity index (χ0v) is 13.2. The monoisotopic (exact) mass is 290 g/mol. The molecule has 1 aromatic carbocycles. The van der Waals surface area contributed by atoms with Gasteiger partial charge in [-0.15, -0.1) is 0 Å². The summed E-state index contributed by atoms with van der Waals surface area (Å²) >= 11 is 0. The first-order chi connectivity index (χ1) is 10.3. The second-order valence-electron chi connectivity index (χ2n) is 6.07. The number of benzene rings is 1. The van der Waals surface area contributed by atoms with Gasteiger partial charge in [0.25, 0.3) is 0 Å². The van der Waals surface area contributed by atoms with E-state index in [0.29, 0.717) is 0 Å². The van der Waals surface area contributed by atoms with E-state index < -0.39 is 0 Å². The summed E-state index contributed by atoms with van der Waals surface area (Å²) in [6, 6.07) is 6.90. The normalized spacial score (nSPS) is 23.6. The molecule has 0 amide bonds. The summed E-state index contributed by atoms with van der Waals surface area (Å²) in [7, 11) is 3.42. The lowest BCUT2D eigenvalue weighted by atomic mass is 10.1. The van der Waals surface area contributed by atoms with Gasteiger partial charge < -0.3 is 9.47 Å². The maximum atomic E-state index is 5.54. The van der Waals surface area contributed by atoms with Gasteiger partial charge in [0.05, 0.1) is 14.2 Å². The number of rotatable bonds is 5. The van der Waals surface area contributed by atoms with Crippen LogP contribution in [0.1, 0.15) is 24.8 Å². The zero-order chi connectivity index (χ0) is 14.7. The number of methoxy groups -OCH3 is 2. The van der Waals surface area contributed by atoms with Crippen molar-refractivity contribution in [2.45, 2.75) is 31.8 Å². The number of ether oxygens (including phenoxy) is 2. The lowest BCUT2D eigenvalue weighted by Crippen LogP contribution is -2.35. The summed E-state index contributed by atoms with van der Waals surface area (Å²) < 4.78 is 10.9. The van der Waals surface area contributed by atoms with Crippen molar-refractivity contribution in [3.8, 4) is 11.5 Å². The molecule has 0 spiro atoms. The zero-order valence-electron chi connectivity index (χ0n) is 13.2. The molecule has 1 atom stereocenters. The van der Waals surface area contributed by atoms with Gasteiger partial charge in [-0.2, -0.15) is 0 Å². The third-order valence-electron chi connectivity index (χ3n) is 4.78. The molecule has 2 fully saturated rings. The molecule has 0 saturated carbocycles. The number of hydrogen-bond acceptors (Lipinski definition) is 4. The van der Waals surface area contributed by atoms with Gasteiger partial charge in [0.2, 0.25) is 0 Å². The number of hydrogen-bond donors (Lipinski definition) is 0. The second-order valence-corrected chi connectivity index (χ2v) is 6.07. The molecule has 1 aromatic rings. The summed E-state index contributed by atoms with van der Waals surface area (Å²) in [4.78, 5) is 5.21. The fraction of sp³-hybridized carbons (Fsp3) is 0.647. The van der Waals surface area contributed by atoms with E-state index in [0.717, 1.165) is 24.1 Å². The molecular weight excluding hydrogens is 264 g/mol. The van der Waals surface area contributed by atoms with Gasteiger partial charge in [-0.05, 0) is 38.4 Å². The van der Waals surface area contributed by atoms with Crippen LogP contribution in [-0.2, 0) is 6.54 Å². The topological polar surface area (TPSA) is 24.9 Å². The van der Waals surface area contributed by atoms with E-state index in [4.69, 9.17) is 9.47 Å². The third-order valence-corrected chi connectivity index (χ3v) is 4.78. The predicted octanol–water partition coefficient (Wildman–Crippen LogP) is 2.37. The lowest BCUT2D eigenvalue weighted by molar-refractivity contribution is 0.228. The van der Waals surface area contributed by atoms with Crippen LogP contribution in [0, 0.1) is 0 Å². The first-order valence-electron chi connectivity index (χ1n) is 7.98. The van der Waals surface area contributed by atoms with E-state index >= 15 is 0 Å². The van der Waals surface area contributed by atoms with Crippen LogP contribution >= 0.6 is 0 Å². The minimum atomic E-state index is 0.754. The smallest absolute Gasteiger partial charge is 0.165 e. The highest BCUT2D eigenvalue weighted by Crippen LogP contribution is 2.32. The van der Waals surface area contributed by atoms with Gasteiger partial charge in [-0.25, -0.2) is 0 Å². The summed E-state index contributed by atoms with van der Waals surface area (Å²) in [5, 5.41) is 0. The van der Waals surface area contributed by atoms with Crippen molar-refractivity contribution < 1.29 is 9.47 Å². The van der Waals surface area contributed by atoms with E-state index in [9.17, 15) is 0 Å². The molecule has 116 valence electrons. The Balaban J connectivity index is 1.64. The Morgan fingerprint density at radius 3 is 2.62 bits per heavy atom. The van der Waals surface area contributed by atoms with Crippen molar-refractivity contribution in [2.75, 3.05) is 40.4 Å². The first-order valence-corrected chi connectivity index (χ1v) is 7.98. The van der Waals surface area contributed by atoms with Crippen LogP contribution in [-0.4, -0.2) is 56.2 Å². The molecule has 1 unspecified atom stereocenters. The molecule has 21 heavy (non-hydrogen) atoms. The van der Waals surface area contributed by atoms with Crippen LogP contribution in [0.15, 0.2) is 18.2 Å². The van der Waals surface area contributed by atoms with Gasteiger partial charge in [-0.1, -0.05) is 12.1 Å². The molecule has 4 heteroatoms. The number of para-hydroxylation sites is 1. The highest BCUT2D eigenvalue weighted by Gasteiger charge is 2.29. The lowest BCUT2D eigenvalue weighted by Gasteiger charge is -2.24. The molecule has 0 bridgehead atoms. The summed E-state index contributed by atoms with van der Waals surface area (Å²) in [6.07, 6.45) is 4.05. The van der Waals surface area contributed by atoms with Crippen molar-refractivity contribution in [3.05, 3.63) is 23.8 Å². The van der Waals surface area contributed by atoms with E-state index in [1.54, 1.807) is 14.2 Å². The molecular formula is C17H26N2O2. The van der Waals surface area contributed by atoms with E-state index in [-0.39, 0.29) is 0 Å². The van der Waals surface area contributed by atoms with Gasteiger partial charge in [0, 0.05) is 31.2 Å². The molecule has 3 rings (SSSR count). The highest BCUT2D eigenvalue weighted by atomic mass is 16.5. The molecule has 0 N–H and O–H groups in total. The summed E-state index contributed by atoms with van der Waals surface area (Å²) in [5.74, 6) is 1.70. The maximum absolute atomic E-state index is 5.54. The minimum absolute atomic E-state index is 0.754. The van der Waals surface area contributed by atoms with Crippen molar-refractivity contribution in [1.82, 2.24) is 9.80 Å². The standard InChI is InChI=1S/C17H26N2O2/c1-20-16-7-5-6-14(17(16)21-2)12-18-11-8-15(13-18)19-9-3-4-10-19/h5-7,15H,3-4,8-13H2,1-2H3. The van der Waals surface area contributed by atoms with Gasteiger partial charge in [0.1, 0.15) is 0 Å². The van der Waals surface area contributed by atoms with Crippen molar-refractivity contribution in [1.29, 1.82) is 0 Å². The molecule has 2 saturated heterocycles. The van der Waals surface area contributed by atoms with E-state index in [2.05, 4.69) is 15.9 Å². The second kappa shape index (κ2) is 6.67. The van der Waals surface area contributed by atoms with Crippen LogP contribution in [0.4, 0.5) is 0 Å². The van der Waals surface area contributed by atoms with Gasteiger partial charge >= 0.3 is 0 Å². The van der Waals surface area contributed by atoms with Gasteiger partial charge in [0.15, 0.2) is 11.5 Å². The molecule has 0 aliphatic carbocycles. The Hall–Kier alpha value is -1.26. The Morgan fingerprint density at radius 2 is 1.90 bits per heavy atom. The Labute approximate surface area is 127 Å². The van der Waals surface area contributed by atoms with Crippen LogP contribution in [0.25, 0.3) is 0 Å². The Morgan fingerprint density at radius 1 is 1.10 bits per heavy atom. The Bertz CT molecular complexity index is 472. The first kappa shape index (κ1) is 14.7. The summed E-state index contributed by atoms with van der Waals surface area (Å²) in [6.45, 7) is 5.90. The van der Waals surface area contributed by atoms with Crippen LogP contribution < -0.4 is 9.47 Å². The molecule has 2 aliphatic rings. The van der Waals surface area contributed by atoms with Crippen LogP contribution in [0.3, 0.4) is 0 Å². The van der Waals surface area contributed by atoms with Crippen molar-refractivity contribution in [2.24, 2.45) is 0 Å². The average Bonchev–Trinajstić information content (AvgIpc) is 3.17.